The summed E-state index contributed by atoms with van der Waals surface area (Å²) in [6.07, 6.45) is 4.95. The molecule has 2 aliphatic rings. The maximum atomic E-state index is 5.76. The van der Waals surface area contributed by atoms with Gasteiger partial charge in [0.05, 0.1) is 13.2 Å². The summed E-state index contributed by atoms with van der Waals surface area (Å²) in [5, 5.41) is 3.73. The topological polar surface area (TPSA) is 30.5 Å². The zero-order chi connectivity index (χ0) is 14.7. The number of hydrogen-bond donors (Lipinski definition) is 1. The first-order valence-corrected chi connectivity index (χ1v) is 8.34. The van der Waals surface area contributed by atoms with E-state index >= 15 is 0 Å². The Morgan fingerprint density at radius 3 is 2.71 bits per heavy atom. The number of hydrogen-bond acceptors (Lipinski definition) is 3. The van der Waals surface area contributed by atoms with Crippen LogP contribution >= 0.6 is 0 Å². The highest BCUT2D eigenvalue weighted by Crippen LogP contribution is 2.31. The molecule has 21 heavy (non-hydrogen) atoms. The van der Waals surface area contributed by atoms with E-state index in [2.05, 4.69) is 31.3 Å². The minimum absolute atomic E-state index is 0.650. The quantitative estimate of drug-likeness (QED) is 0.919. The zero-order valence-corrected chi connectivity index (χ0v) is 13.2. The molecule has 1 heterocycles. The largest absolute Gasteiger partial charge is 0.490 e. The molecule has 1 aromatic rings. The van der Waals surface area contributed by atoms with E-state index in [1.165, 1.54) is 24.8 Å². The van der Waals surface area contributed by atoms with Crippen molar-refractivity contribution in [1.29, 1.82) is 0 Å². The molecule has 1 aliphatic carbocycles. The number of ether oxygens (including phenoxy) is 2. The van der Waals surface area contributed by atoms with Crippen LogP contribution in [0, 0.1) is 11.8 Å². The number of rotatable bonds is 3. The number of benzene rings is 1. The van der Waals surface area contributed by atoms with Gasteiger partial charge in [-0.25, -0.2) is 0 Å². The molecule has 1 N–H and O–H groups in total. The van der Waals surface area contributed by atoms with E-state index in [0.717, 1.165) is 49.5 Å². The summed E-state index contributed by atoms with van der Waals surface area (Å²) in [5.41, 5.74) is 1.28. The van der Waals surface area contributed by atoms with Crippen LogP contribution in [0.5, 0.6) is 11.5 Å². The second-order valence-corrected chi connectivity index (χ2v) is 6.71. The van der Waals surface area contributed by atoms with Gasteiger partial charge in [-0.3, -0.25) is 0 Å². The average molecular weight is 289 g/mol. The van der Waals surface area contributed by atoms with E-state index in [1.807, 2.05) is 6.07 Å². The standard InChI is InChI=1S/C18H27NO2/c1-13-4-6-16(14(2)10-13)19-12-15-5-7-17-18(11-15)21-9-3-8-20-17/h5,7,11,13-14,16,19H,3-4,6,8-10,12H2,1-2H3. The molecule has 1 saturated carbocycles. The maximum Gasteiger partial charge on any atom is 0.161 e. The number of fused-ring (bicyclic) bond motifs is 1. The third-order valence-electron chi connectivity index (χ3n) is 4.81. The molecule has 3 unspecified atom stereocenters. The summed E-state index contributed by atoms with van der Waals surface area (Å²) in [7, 11) is 0. The molecular formula is C18H27NO2. The van der Waals surface area contributed by atoms with Crippen LogP contribution in [0.2, 0.25) is 0 Å². The molecule has 1 aliphatic heterocycles. The fraction of sp³-hybridized carbons (Fsp3) is 0.667. The zero-order valence-electron chi connectivity index (χ0n) is 13.2. The first-order chi connectivity index (χ1) is 10.2. The van der Waals surface area contributed by atoms with Gasteiger partial charge in [0.2, 0.25) is 0 Å². The number of nitrogens with one attached hydrogen (secondary N) is 1. The van der Waals surface area contributed by atoms with Crippen molar-refractivity contribution in [3.63, 3.8) is 0 Å². The van der Waals surface area contributed by atoms with Gasteiger partial charge in [-0.15, -0.1) is 0 Å². The third-order valence-corrected chi connectivity index (χ3v) is 4.81. The van der Waals surface area contributed by atoms with E-state index in [-0.39, 0.29) is 0 Å². The van der Waals surface area contributed by atoms with Crippen LogP contribution in [0.3, 0.4) is 0 Å². The van der Waals surface area contributed by atoms with Crippen LogP contribution < -0.4 is 14.8 Å². The van der Waals surface area contributed by atoms with Crippen molar-refractivity contribution in [1.82, 2.24) is 5.32 Å². The van der Waals surface area contributed by atoms with Crippen molar-refractivity contribution in [2.24, 2.45) is 11.8 Å². The first kappa shape index (κ1) is 14.7. The maximum absolute atomic E-state index is 5.76. The molecule has 116 valence electrons. The van der Waals surface area contributed by atoms with E-state index in [9.17, 15) is 0 Å². The molecule has 0 saturated heterocycles. The molecule has 3 heteroatoms. The molecule has 0 radical (unpaired) electrons. The molecule has 3 rings (SSSR count). The van der Waals surface area contributed by atoms with Crippen LogP contribution in [-0.4, -0.2) is 19.3 Å². The monoisotopic (exact) mass is 289 g/mol. The van der Waals surface area contributed by atoms with Crippen molar-refractivity contribution in [3.05, 3.63) is 23.8 Å². The summed E-state index contributed by atoms with van der Waals surface area (Å²) in [6.45, 7) is 7.17. The predicted molar refractivity (Wildman–Crippen MR) is 84.9 cm³/mol. The molecule has 1 fully saturated rings. The summed E-state index contributed by atoms with van der Waals surface area (Å²) < 4.78 is 11.4. The first-order valence-electron chi connectivity index (χ1n) is 8.34. The highest BCUT2D eigenvalue weighted by molar-refractivity contribution is 5.43. The summed E-state index contributed by atoms with van der Waals surface area (Å²) in [6, 6.07) is 6.97. The molecular weight excluding hydrogens is 262 g/mol. The van der Waals surface area contributed by atoms with Gasteiger partial charge in [0, 0.05) is 19.0 Å². The molecule has 0 spiro atoms. The Bertz CT molecular complexity index is 474. The Balaban J connectivity index is 1.59. The molecule has 3 atom stereocenters. The normalized spacial score (nSPS) is 29.0. The van der Waals surface area contributed by atoms with Crippen molar-refractivity contribution in [2.45, 2.75) is 52.1 Å². The summed E-state index contributed by atoms with van der Waals surface area (Å²) in [4.78, 5) is 0. The van der Waals surface area contributed by atoms with E-state index < -0.39 is 0 Å². The van der Waals surface area contributed by atoms with Crippen LogP contribution in [0.15, 0.2) is 18.2 Å². The van der Waals surface area contributed by atoms with Gasteiger partial charge in [-0.05, 0) is 48.8 Å². The Kier molecular flexibility index (Phi) is 4.69. The molecule has 0 amide bonds. The Hall–Kier alpha value is -1.22. The molecule has 0 bridgehead atoms. The SMILES string of the molecule is CC1CCC(NCc2ccc3c(c2)OCCCO3)C(C)C1. The second kappa shape index (κ2) is 6.69. The lowest BCUT2D eigenvalue weighted by atomic mass is 9.80. The van der Waals surface area contributed by atoms with Gasteiger partial charge >= 0.3 is 0 Å². The fourth-order valence-corrected chi connectivity index (χ4v) is 3.54. The second-order valence-electron chi connectivity index (χ2n) is 6.71. The highest BCUT2D eigenvalue weighted by Gasteiger charge is 2.24. The van der Waals surface area contributed by atoms with Crippen LogP contribution in [0.25, 0.3) is 0 Å². The Morgan fingerprint density at radius 2 is 1.90 bits per heavy atom. The lowest BCUT2D eigenvalue weighted by molar-refractivity contribution is 0.227. The van der Waals surface area contributed by atoms with Crippen LogP contribution in [0.1, 0.15) is 45.1 Å². The van der Waals surface area contributed by atoms with Gasteiger partial charge < -0.3 is 14.8 Å². The smallest absolute Gasteiger partial charge is 0.161 e. The highest BCUT2D eigenvalue weighted by atomic mass is 16.5. The van der Waals surface area contributed by atoms with Gasteiger partial charge in [0.25, 0.3) is 0 Å². The predicted octanol–water partition coefficient (Wildman–Crippen LogP) is 3.76. The minimum Gasteiger partial charge on any atom is -0.490 e. The van der Waals surface area contributed by atoms with Gasteiger partial charge in [0.15, 0.2) is 11.5 Å². The van der Waals surface area contributed by atoms with E-state index in [4.69, 9.17) is 9.47 Å². The molecule has 3 nitrogen and oxygen atoms in total. The average Bonchev–Trinajstić information content (AvgIpc) is 2.71. The Labute approximate surface area is 128 Å². The minimum atomic E-state index is 0.650. The summed E-state index contributed by atoms with van der Waals surface area (Å²) in [5.74, 6) is 3.44. The van der Waals surface area contributed by atoms with Crippen LogP contribution in [-0.2, 0) is 6.54 Å². The van der Waals surface area contributed by atoms with Crippen LogP contribution in [0.4, 0.5) is 0 Å². The lowest BCUT2D eigenvalue weighted by Crippen LogP contribution is -2.38. The Morgan fingerprint density at radius 1 is 1.10 bits per heavy atom. The molecule has 0 aromatic heterocycles. The van der Waals surface area contributed by atoms with E-state index in [0.29, 0.717) is 6.04 Å². The van der Waals surface area contributed by atoms with Crippen molar-refractivity contribution < 1.29 is 9.47 Å². The lowest BCUT2D eigenvalue weighted by Gasteiger charge is -2.33. The summed E-state index contributed by atoms with van der Waals surface area (Å²) >= 11 is 0. The fourth-order valence-electron chi connectivity index (χ4n) is 3.54. The van der Waals surface area contributed by atoms with Crippen molar-refractivity contribution >= 4 is 0 Å². The third kappa shape index (κ3) is 3.70. The van der Waals surface area contributed by atoms with Crippen molar-refractivity contribution in [3.8, 4) is 11.5 Å². The van der Waals surface area contributed by atoms with E-state index in [1.54, 1.807) is 0 Å². The van der Waals surface area contributed by atoms with Gasteiger partial charge in [0.1, 0.15) is 0 Å². The van der Waals surface area contributed by atoms with Crippen molar-refractivity contribution in [2.75, 3.05) is 13.2 Å². The van der Waals surface area contributed by atoms with Gasteiger partial charge in [-0.2, -0.15) is 0 Å². The molecule has 1 aromatic carbocycles. The van der Waals surface area contributed by atoms with Gasteiger partial charge in [-0.1, -0.05) is 19.9 Å².